The molecule has 1 atom stereocenters. The van der Waals surface area contributed by atoms with Crippen LogP contribution in [0.5, 0.6) is 5.75 Å². The molecule has 0 spiro atoms. The van der Waals surface area contributed by atoms with Gasteiger partial charge in [-0.15, -0.1) is 13.2 Å². The Kier molecular flexibility index (Phi) is 8.29. The summed E-state index contributed by atoms with van der Waals surface area (Å²) < 4.78 is 56.7. The van der Waals surface area contributed by atoms with E-state index in [1.165, 1.54) is 24.3 Å². The van der Waals surface area contributed by atoms with Crippen molar-refractivity contribution in [3.05, 3.63) is 72.0 Å². The Labute approximate surface area is 230 Å². The number of nitrogens with zero attached hydrogens (tertiary/aromatic N) is 1. The van der Waals surface area contributed by atoms with Gasteiger partial charge in [0.25, 0.3) is 5.91 Å². The number of thiazole rings is 1. The number of carbonyl (C=O) groups excluding carboxylic acids is 1. The van der Waals surface area contributed by atoms with E-state index in [1.54, 1.807) is 30.3 Å². The number of carboxylic acid groups (broad SMARTS) is 1. The van der Waals surface area contributed by atoms with Gasteiger partial charge in [0.2, 0.25) is 0 Å². The zero-order valence-electron chi connectivity index (χ0n) is 20.1. The Bertz CT molecular complexity index is 1540. The van der Waals surface area contributed by atoms with E-state index in [4.69, 9.17) is 0 Å². The largest absolute Gasteiger partial charge is 0.573 e. The molecule has 210 valence electrons. The molecule has 0 unspecified atom stereocenters. The van der Waals surface area contributed by atoms with Crippen LogP contribution in [0.25, 0.3) is 21.3 Å². The van der Waals surface area contributed by atoms with E-state index in [-0.39, 0.29) is 24.0 Å². The summed E-state index contributed by atoms with van der Waals surface area (Å²) in [5.74, 6) is -2.18. The monoisotopic (exact) mass is 575 g/mol. The molecule has 12 heteroatoms. The highest BCUT2D eigenvalue weighted by Gasteiger charge is 2.31. The molecule has 1 aliphatic rings. The lowest BCUT2D eigenvalue weighted by atomic mass is 10.0. The number of hydrogen-bond acceptors (Lipinski definition) is 6. The lowest BCUT2D eigenvalue weighted by Crippen LogP contribution is -2.41. The number of carboxylic acids is 1. The van der Waals surface area contributed by atoms with Crippen LogP contribution in [0.1, 0.15) is 37.0 Å². The summed E-state index contributed by atoms with van der Waals surface area (Å²) in [6.07, 6.45) is -2.46. The summed E-state index contributed by atoms with van der Waals surface area (Å²) in [7, 11) is 0. The first-order chi connectivity index (χ1) is 18.5. The first-order valence-electron chi connectivity index (χ1n) is 11.9. The summed E-state index contributed by atoms with van der Waals surface area (Å²) in [6, 6.07) is 13.7. The molecule has 0 bridgehead atoms. The van der Waals surface area contributed by atoms with E-state index in [2.05, 4.69) is 20.4 Å². The van der Waals surface area contributed by atoms with Crippen LogP contribution >= 0.6 is 11.3 Å². The van der Waals surface area contributed by atoms with Gasteiger partial charge in [-0.1, -0.05) is 49.8 Å². The fourth-order valence-corrected chi connectivity index (χ4v) is 4.94. The molecule has 0 aliphatic heterocycles. The Hall–Kier alpha value is -4.19. The second-order valence-electron chi connectivity index (χ2n) is 9.14. The van der Waals surface area contributed by atoms with Crippen molar-refractivity contribution < 1.29 is 37.0 Å². The normalized spacial score (nSPS) is 13.8. The van der Waals surface area contributed by atoms with Gasteiger partial charge >= 0.3 is 12.3 Å². The maximum Gasteiger partial charge on any atom is 0.573 e. The smallest absolute Gasteiger partial charge is 0.480 e. The number of alkyl halides is 3. The Morgan fingerprint density at radius 3 is 2.38 bits per heavy atom. The molecule has 1 amide bonds. The molecule has 0 saturated heterocycles. The van der Waals surface area contributed by atoms with Crippen molar-refractivity contribution in [2.45, 2.75) is 39.1 Å². The van der Waals surface area contributed by atoms with Gasteiger partial charge in [0.1, 0.15) is 17.6 Å². The maximum absolute atomic E-state index is 14.9. The second-order valence-corrected chi connectivity index (χ2v) is 10.2. The highest BCUT2D eigenvalue weighted by Crippen LogP contribution is 2.35. The Balaban J connectivity index is 0.00000370. The summed E-state index contributed by atoms with van der Waals surface area (Å²) >= 11 is 1.05. The van der Waals surface area contributed by atoms with Crippen LogP contribution in [0.15, 0.2) is 60.7 Å². The third kappa shape index (κ3) is 7.06. The van der Waals surface area contributed by atoms with Crippen molar-refractivity contribution in [2.24, 2.45) is 5.92 Å². The van der Waals surface area contributed by atoms with E-state index in [0.29, 0.717) is 39.2 Å². The average molecular weight is 576 g/mol. The van der Waals surface area contributed by atoms with Crippen LogP contribution in [-0.4, -0.2) is 34.4 Å². The predicted molar refractivity (Wildman–Crippen MR) is 144 cm³/mol. The van der Waals surface area contributed by atoms with E-state index in [9.17, 15) is 32.3 Å². The fourth-order valence-electron chi connectivity index (χ4n) is 4.03. The molecule has 1 aliphatic carbocycles. The number of aromatic nitrogens is 1. The van der Waals surface area contributed by atoms with E-state index in [0.717, 1.165) is 30.2 Å². The number of rotatable bonds is 9. The molecule has 1 saturated carbocycles. The molecule has 1 fully saturated rings. The van der Waals surface area contributed by atoms with Crippen molar-refractivity contribution >= 4 is 44.2 Å². The zero-order valence-corrected chi connectivity index (χ0v) is 20.9. The van der Waals surface area contributed by atoms with Crippen LogP contribution in [0.4, 0.5) is 28.4 Å². The molecule has 5 rings (SSSR count). The third-order valence-corrected chi connectivity index (χ3v) is 7.09. The first kappa shape index (κ1) is 28.8. The standard InChI is InChI=1S/C27H21F4N3O4S.CH4/c28-19-12-17(15-3-5-16(6-4-15)24(35)32-22(25(36)37)11-14-1-2-14)7-9-20(19)33-26-34-21-10-8-18(13-23(21)39-26)38-27(29,30)31;/h3-10,12-14,22H,1-2,11H2,(H,32,35)(H,33,34)(H,36,37);1H4/t22-;/m0./s1. The number of benzene rings is 3. The molecule has 0 radical (unpaired) electrons. The lowest BCUT2D eigenvalue weighted by molar-refractivity contribution is -0.274. The molecule has 1 heterocycles. The van der Waals surface area contributed by atoms with Gasteiger partial charge in [0.05, 0.1) is 15.9 Å². The number of amides is 1. The molecule has 40 heavy (non-hydrogen) atoms. The third-order valence-electron chi connectivity index (χ3n) is 6.15. The van der Waals surface area contributed by atoms with Crippen LogP contribution < -0.4 is 15.4 Å². The van der Waals surface area contributed by atoms with Gasteiger partial charge < -0.3 is 20.5 Å². The van der Waals surface area contributed by atoms with E-state index in [1.807, 2.05) is 0 Å². The molecule has 4 aromatic rings. The molecule has 7 nitrogen and oxygen atoms in total. The molecular formula is C28H25F4N3O4S. The van der Waals surface area contributed by atoms with Crippen molar-refractivity contribution in [3.63, 3.8) is 0 Å². The Morgan fingerprint density at radius 2 is 1.75 bits per heavy atom. The highest BCUT2D eigenvalue weighted by molar-refractivity contribution is 7.22. The molecular weight excluding hydrogens is 550 g/mol. The first-order valence-corrected chi connectivity index (χ1v) is 12.7. The number of halogens is 4. The lowest BCUT2D eigenvalue weighted by Gasteiger charge is -2.14. The SMILES string of the molecule is C.O=C(N[C@@H](CC1CC1)C(=O)O)c1ccc(-c2ccc(Nc3nc4ccc(OC(F)(F)F)cc4s3)c(F)c2)cc1. The van der Waals surface area contributed by atoms with Gasteiger partial charge in [0.15, 0.2) is 5.13 Å². The van der Waals surface area contributed by atoms with Crippen LogP contribution in [-0.2, 0) is 4.79 Å². The molecule has 3 N–H and O–H groups in total. The van der Waals surface area contributed by atoms with Gasteiger partial charge in [-0.2, -0.15) is 0 Å². The zero-order chi connectivity index (χ0) is 27.7. The van der Waals surface area contributed by atoms with E-state index >= 15 is 0 Å². The van der Waals surface area contributed by atoms with Gasteiger partial charge in [-0.3, -0.25) is 4.79 Å². The number of ether oxygens (including phenoxy) is 1. The van der Waals surface area contributed by atoms with Crippen molar-refractivity contribution in [1.29, 1.82) is 0 Å². The van der Waals surface area contributed by atoms with Gasteiger partial charge in [-0.25, -0.2) is 14.2 Å². The summed E-state index contributed by atoms with van der Waals surface area (Å²) in [4.78, 5) is 28.2. The summed E-state index contributed by atoms with van der Waals surface area (Å²) in [5.41, 5.74) is 2.03. The Morgan fingerprint density at radius 1 is 1.05 bits per heavy atom. The second kappa shape index (κ2) is 11.5. The number of aliphatic carboxylic acids is 1. The summed E-state index contributed by atoms with van der Waals surface area (Å²) in [5, 5.41) is 15.1. The highest BCUT2D eigenvalue weighted by atomic mass is 32.1. The number of anilines is 2. The van der Waals surface area contributed by atoms with Crippen molar-refractivity contribution in [1.82, 2.24) is 10.3 Å². The molecule has 3 aromatic carbocycles. The van der Waals surface area contributed by atoms with Gasteiger partial charge in [-0.05, 0) is 59.9 Å². The van der Waals surface area contributed by atoms with Crippen LogP contribution in [0, 0.1) is 11.7 Å². The van der Waals surface area contributed by atoms with Crippen molar-refractivity contribution in [3.8, 4) is 16.9 Å². The minimum absolute atomic E-state index is 0. The predicted octanol–water partition coefficient (Wildman–Crippen LogP) is 7.36. The fraction of sp³-hybridized carbons (Fsp3) is 0.250. The quantitative estimate of drug-likeness (QED) is 0.180. The van der Waals surface area contributed by atoms with Gasteiger partial charge in [0, 0.05) is 11.6 Å². The maximum atomic E-state index is 14.9. The van der Waals surface area contributed by atoms with E-state index < -0.39 is 30.1 Å². The minimum atomic E-state index is -4.81. The minimum Gasteiger partial charge on any atom is -0.480 e. The van der Waals surface area contributed by atoms with Crippen molar-refractivity contribution in [2.75, 3.05) is 5.32 Å². The molecule has 1 aromatic heterocycles. The van der Waals surface area contributed by atoms with Crippen LogP contribution in [0.2, 0.25) is 0 Å². The number of carbonyl (C=O) groups is 2. The van der Waals surface area contributed by atoms with Crippen LogP contribution in [0.3, 0.4) is 0 Å². The average Bonchev–Trinajstić information content (AvgIpc) is 3.61. The topological polar surface area (TPSA) is 101 Å². The number of hydrogen-bond donors (Lipinski definition) is 3. The number of fused-ring (bicyclic) bond motifs is 1. The summed E-state index contributed by atoms with van der Waals surface area (Å²) in [6.45, 7) is 0. The number of nitrogens with one attached hydrogen (secondary N) is 2.